The van der Waals surface area contributed by atoms with Crippen molar-refractivity contribution in [2.45, 2.75) is 38.9 Å². The molecule has 6 heteroatoms. The molecule has 1 saturated heterocycles. The van der Waals surface area contributed by atoms with Gasteiger partial charge in [0.15, 0.2) is 0 Å². The topological polar surface area (TPSA) is 53.4 Å². The van der Waals surface area contributed by atoms with Crippen LogP contribution in [0.15, 0.2) is 36.7 Å². The summed E-state index contributed by atoms with van der Waals surface area (Å²) in [4.78, 5) is 21.4. The molecule has 1 N–H and O–H groups in total. The molecule has 0 aliphatic carbocycles. The summed E-state index contributed by atoms with van der Waals surface area (Å²) in [7, 11) is 0. The number of carbonyl (C=O) groups excluding carboxylic acids is 1. The average Bonchev–Trinajstić information content (AvgIpc) is 3.17. The fourth-order valence-electron chi connectivity index (χ4n) is 4.01. The van der Waals surface area contributed by atoms with E-state index in [0.717, 1.165) is 44.8 Å². The molecular formula is C19H25N5O. The number of imidazole rings is 1. The molecule has 3 heterocycles. The third-order valence-corrected chi connectivity index (χ3v) is 5.28. The third-order valence-electron chi connectivity index (χ3n) is 5.28. The minimum Gasteiger partial charge on any atom is -0.366 e. The minimum absolute atomic E-state index is 0.0171. The van der Waals surface area contributed by atoms with Crippen molar-refractivity contribution in [3.8, 4) is 0 Å². The molecule has 2 aliphatic rings. The number of aromatic nitrogens is 2. The van der Waals surface area contributed by atoms with Crippen molar-refractivity contribution in [1.29, 1.82) is 0 Å². The van der Waals surface area contributed by atoms with Crippen LogP contribution in [0.2, 0.25) is 0 Å². The fourth-order valence-corrected chi connectivity index (χ4v) is 4.01. The van der Waals surface area contributed by atoms with Crippen molar-refractivity contribution >= 4 is 11.7 Å². The monoisotopic (exact) mass is 339 g/mol. The maximum atomic E-state index is 12.7. The van der Waals surface area contributed by atoms with Gasteiger partial charge in [-0.15, -0.1) is 0 Å². The van der Waals surface area contributed by atoms with Crippen molar-refractivity contribution in [3.05, 3.63) is 48.0 Å². The van der Waals surface area contributed by atoms with Gasteiger partial charge in [-0.3, -0.25) is 0 Å². The molecule has 2 aliphatic heterocycles. The number of nitrogens with zero attached hydrogens (tertiary/aromatic N) is 4. The highest BCUT2D eigenvalue weighted by molar-refractivity contribution is 5.74. The molecule has 4 rings (SSSR count). The largest absolute Gasteiger partial charge is 0.366 e. The standard InChI is InChI=1S/C19H25N5O/c1-2-22-11-8-20-18(22)13-21-19(25)23-9-5-10-24-16(14-23)12-15-6-3-4-7-17(15)24/h3-4,6-8,11,16H,2,5,9-10,12-14H2,1H3,(H,21,25). The first-order valence-corrected chi connectivity index (χ1v) is 9.13. The maximum absolute atomic E-state index is 12.7. The maximum Gasteiger partial charge on any atom is 0.317 e. The summed E-state index contributed by atoms with van der Waals surface area (Å²) in [5, 5.41) is 3.04. The molecule has 1 unspecified atom stereocenters. The Morgan fingerprint density at radius 1 is 1.32 bits per heavy atom. The molecule has 1 aromatic carbocycles. The second kappa shape index (κ2) is 6.78. The predicted octanol–water partition coefficient (Wildman–Crippen LogP) is 2.25. The Balaban J connectivity index is 1.40. The van der Waals surface area contributed by atoms with E-state index in [4.69, 9.17) is 0 Å². The summed E-state index contributed by atoms with van der Waals surface area (Å²) in [5.74, 6) is 0.903. The van der Waals surface area contributed by atoms with E-state index in [9.17, 15) is 4.79 Å². The van der Waals surface area contributed by atoms with Crippen LogP contribution in [0.1, 0.15) is 24.7 Å². The number of nitrogens with one attached hydrogen (secondary N) is 1. The van der Waals surface area contributed by atoms with E-state index in [-0.39, 0.29) is 6.03 Å². The summed E-state index contributed by atoms with van der Waals surface area (Å²) in [5.41, 5.74) is 2.75. The van der Waals surface area contributed by atoms with Crippen LogP contribution >= 0.6 is 0 Å². The zero-order valence-electron chi connectivity index (χ0n) is 14.7. The van der Waals surface area contributed by atoms with E-state index in [2.05, 4.69) is 51.0 Å². The first-order chi connectivity index (χ1) is 12.3. The quantitative estimate of drug-likeness (QED) is 0.933. The molecule has 25 heavy (non-hydrogen) atoms. The van der Waals surface area contributed by atoms with Gasteiger partial charge < -0.3 is 19.7 Å². The number of benzene rings is 1. The summed E-state index contributed by atoms with van der Waals surface area (Å²) in [6, 6.07) is 9.03. The van der Waals surface area contributed by atoms with Gasteiger partial charge in [0, 0.05) is 44.3 Å². The number of urea groups is 1. The Morgan fingerprint density at radius 2 is 2.20 bits per heavy atom. The zero-order valence-corrected chi connectivity index (χ0v) is 14.7. The Kier molecular flexibility index (Phi) is 4.34. The van der Waals surface area contributed by atoms with E-state index < -0.39 is 0 Å². The molecule has 0 bridgehead atoms. The second-order valence-electron chi connectivity index (χ2n) is 6.77. The summed E-state index contributed by atoms with van der Waals surface area (Å²) in [6.07, 6.45) is 5.76. The van der Waals surface area contributed by atoms with Gasteiger partial charge in [0.2, 0.25) is 0 Å². The van der Waals surface area contributed by atoms with Crippen LogP contribution in [0.4, 0.5) is 10.5 Å². The molecular weight excluding hydrogens is 314 g/mol. The molecule has 1 fully saturated rings. The molecule has 2 aromatic rings. The molecule has 0 spiro atoms. The van der Waals surface area contributed by atoms with Gasteiger partial charge >= 0.3 is 6.03 Å². The van der Waals surface area contributed by atoms with E-state index in [1.54, 1.807) is 6.20 Å². The highest BCUT2D eigenvalue weighted by Gasteiger charge is 2.33. The smallest absolute Gasteiger partial charge is 0.317 e. The molecule has 2 amide bonds. The lowest BCUT2D eigenvalue weighted by Crippen LogP contribution is -2.45. The fraction of sp³-hybridized carbons (Fsp3) is 0.474. The van der Waals surface area contributed by atoms with Gasteiger partial charge in [0.1, 0.15) is 5.82 Å². The van der Waals surface area contributed by atoms with Crippen LogP contribution in [0.3, 0.4) is 0 Å². The van der Waals surface area contributed by atoms with Crippen molar-refractivity contribution in [2.75, 3.05) is 24.5 Å². The first-order valence-electron chi connectivity index (χ1n) is 9.13. The predicted molar refractivity (Wildman–Crippen MR) is 97.6 cm³/mol. The normalized spacial score (nSPS) is 19.3. The second-order valence-corrected chi connectivity index (χ2v) is 6.77. The van der Waals surface area contributed by atoms with Gasteiger partial charge in [-0.2, -0.15) is 0 Å². The highest BCUT2D eigenvalue weighted by Crippen LogP contribution is 2.33. The van der Waals surface area contributed by atoms with E-state index in [0.29, 0.717) is 12.6 Å². The Labute approximate surface area is 148 Å². The van der Waals surface area contributed by atoms with E-state index >= 15 is 0 Å². The number of anilines is 1. The zero-order chi connectivity index (χ0) is 17.2. The van der Waals surface area contributed by atoms with Crippen LogP contribution < -0.4 is 10.2 Å². The minimum atomic E-state index is 0.0171. The summed E-state index contributed by atoms with van der Waals surface area (Å²) in [6.45, 7) is 6.03. The number of amides is 2. The molecule has 0 saturated carbocycles. The average molecular weight is 339 g/mol. The molecule has 1 atom stereocenters. The van der Waals surface area contributed by atoms with Crippen molar-refractivity contribution in [2.24, 2.45) is 0 Å². The van der Waals surface area contributed by atoms with Crippen LogP contribution in [0.25, 0.3) is 0 Å². The van der Waals surface area contributed by atoms with E-state index in [1.165, 1.54) is 11.3 Å². The summed E-state index contributed by atoms with van der Waals surface area (Å²) < 4.78 is 2.05. The Bertz CT molecular complexity index is 756. The molecule has 0 radical (unpaired) electrons. The lowest BCUT2D eigenvalue weighted by Gasteiger charge is -2.27. The van der Waals surface area contributed by atoms with Gasteiger partial charge in [0.05, 0.1) is 12.6 Å². The summed E-state index contributed by atoms with van der Waals surface area (Å²) >= 11 is 0. The lowest BCUT2D eigenvalue weighted by molar-refractivity contribution is 0.197. The van der Waals surface area contributed by atoms with Gasteiger partial charge in [-0.1, -0.05) is 18.2 Å². The number of para-hydroxylation sites is 1. The van der Waals surface area contributed by atoms with Crippen LogP contribution in [-0.4, -0.2) is 46.2 Å². The molecule has 6 nitrogen and oxygen atoms in total. The molecule has 1 aromatic heterocycles. The van der Waals surface area contributed by atoms with Crippen LogP contribution in [-0.2, 0) is 19.5 Å². The number of carbonyl (C=O) groups is 1. The number of rotatable bonds is 3. The van der Waals surface area contributed by atoms with Crippen molar-refractivity contribution < 1.29 is 4.79 Å². The van der Waals surface area contributed by atoms with Crippen molar-refractivity contribution in [1.82, 2.24) is 19.8 Å². The first kappa shape index (κ1) is 16.0. The number of hydrogen-bond acceptors (Lipinski definition) is 3. The van der Waals surface area contributed by atoms with Gasteiger partial charge in [-0.05, 0) is 31.4 Å². The Morgan fingerprint density at radius 3 is 3.08 bits per heavy atom. The van der Waals surface area contributed by atoms with Crippen LogP contribution in [0.5, 0.6) is 0 Å². The van der Waals surface area contributed by atoms with Crippen LogP contribution in [0, 0.1) is 0 Å². The highest BCUT2D eigenvalue weighted by atomic mass is 16.2. The number of aryl methyl sites for hydroxylation is 1. The molecule has 132 valence electrons. The Hall–Kier alpha value is -2.50. The SMILES string of the molecule is CCn1ccnc1CNC(=O)N1CCCN2c3ccccc3CC2C1. The number of hydrogen-bond donors (Lipinski definition) is 1. The lowest BCUT2D eigenvalue weighted by atomic mass is 10.1. The van der Waals surface area contributed by atoms with Gasteiger partial charge in [-0.25, -0.2) is 9.78 Å². The number of fused-ring (bicyclic) bond motifs is 3. The van der Waals surface area contributed by atoms with Gasteiger partial charge in [0.25, 0.3) is 0 Å². The van der Waals surface area contributed by atoms with Crippen molar-refractivity contribution in [3.63, 3.8) is 0 Å². The third kappa shape index (κ3) is 3.08. The van der Waals surface area contributed by atoms with E-state index in [1.807, 2.05) is 11.1 Å².